The zero-order valence-corrected chi connectivity index (χ0v) is 6.56. The Kier molecular flexibility index (Phi) is 3.07. The fourth-order valence-corrected chi connectivity index (χ4v) is 0.880. The van der Waals surface area contributed by atoms with Gasteiger partial charge in [-0.3, -0.25) is 9.78 Å². The molecule has 0 amide bonds. The van der Waals surface area contributed by atoms with E-state index in [1.807, 2.05) is 6.07 Å². The lowest BCUT2D eigenvalue weighted by Gasteiger charge is -2.02. The van der Waals surface area contributed by atoms with Crippen molar-refractivity contribution < 1.29 is 9.53 Å². The molecular formula is C8H10N2O2. The van der Waals surface area contributed by atoms with Crippen LogP contribution in [0.2, 0.25) is 0 Å². The number of aromatic nitrogens is 1. The van der Waals surface area contributed by atoms with Crippen molar-refractivity contribution >= 4 is 12.2 Å². The van der Waals surface area contributed by atoms with Gasteiger partial charge in [0.15, 0.2) is 0 Å². The average Bonchev–Trinajstić information content (AvgIpc) is 2.09. The number of carbonyl (C=O) groups is 1. The zero-order valence-electron chi connectivity index (χ0n) is 6.56. The molecule has 0 atom stereocenters. The molecule has 0 radical (unpaired) electrons. The minimum absolute atomic E-state index is 0.359. The largest absolute Gasteiger partial charge is 0.468 e. The Morgan fingerprint density at radius 3 is 3.17 bits per heavy atom. The number of rotatable bonds is 4. The molecule has 2 N–H and O–H groups in total. The fourth-order valence-electron chi connectivity index (χ4n) is 0.880. The molecular weight excluding hydrogens is 156 g/mol. The molecule has 12 heavy (non-hydrogen) atoms. The van der Waals surface area contributed by atoms with E-state index in [0.29, 0.717) is 25.2 Å². The third kappa shape index (κ3) is 2.23. The lowest BCUT2D eigenvalue weighted by molar-refractivity contribution is -0.128. The summed E-state index contributed by atoms with van der Waals surface area (Å²) >= 11 is 0. The topological polar surface area (TPSA) is 65.2 Å². The van der Waals surface area contributed by atoms with Crippen molar-refractivity contribution in [2.75, 3.05) is 12.3 Å². The first-order valence-corrected chi connectivity index (χ1v) is 3.58. The van der Waals surface area contributed by atoms with Crippen molar-refractivity contribution in [1.82, 2.24) is 4.98 Å². The van der Waals surface area contributed by atoms with Gasteiger partial charge in [-0.2, -0.15) is 0 Å². The molecule has 0 aliphatic carbocycles. The van der Waals surface area contributed by atoms with Crippen LogP contribution in [0.4, 0.5) is 5.69 Å². The molecule has 0 aromatic carbocycles. The summed E-state index contributed by atoms with van der Waals surface area (Å²) in [5, 5.41) is 0. The maximum Gasteiger partial charge on any atom is 0.293 e. The SMILES string of the molecule is Nc1cnccc1CCOC=O. The number of carbonyl (C=O) groups excluding carboxylic acids is 1. The zero-order chi connectivity index (χ0) is 8.81. The molecule has 0 aliphatic rings. The Labute approximate surface area is 70.4 Å². The summed E-state index contributed by atoms with van der Waals surface area (Å²) in [7, 11) is 0. The molecule has 4 nitrogen and oxygen atoms in total. The monoisotopic (exact) mass is 166 g/mol. The Hall–Kier alpha value is -1.58. The van der Waals surface area contributed by atoms with Crippen molar-refractivity contribution in [1.29, 1.82) is 0 Å². The molecule has 0 fully saturated rings. The first-order chi connectivity index (χ1) is 5.84. The maximum absolute atomic E-state index is 9.81. The number of nitrogen functional groups attached to an aromatic ring is 1. The van der Waals surface area contributed by atoms with Crippen LogP contribution in [0.3, 0.4) is 0 Å². The maximum atomic E-state index is 9.81. The number of pyridine rings is 1. The molecule has 64 valence electrons. The number of hydrogen-bond donors (Lipinski definition) is 1. The normalized spacial score (nSPS) is 9.33. The van der Waals surface area contributed by atoms with Crippen molar-refractivity contribution in [2.45, 2.75) is 6.42 Å². The molecule has 0 saturated carbocycles. The van der Waals surface area contributed by atoms with Gasteiger partial charge >= 0.3 is 0 Å². The number of hydrogen-bond acceptors (Lipinski definition) is 4. The second kappa shape index (κ2) is 4.33. The van der Waals surface area contributed by atoms with Gasteiger partial charge in [-0.05, 0) is 11.6 Å². The van der Waals surface area contributed by atoms with E-state index in [9.17, 15) is 4.79 Å². The summed E-state index contributed by atoms with van der Waals surface area (Å²) in [6.45, 7) is 0.787. The van der Waals surface area contributed by atoms with Gasteiger partial charge in [0.05, 0.1) is 18.5 Å². The van der Waals surface area contributed by atoms with Crippen LogP contribution < -0.4 is 5.73 Å². The molecule has 0 unspecified atom stereocenters. The fraction of sp³-hybridized carbons (Fsp3) is 0.250. The lowest BCUT2D eigenvalue weighted by atomic mass is 10.2. The van der Waals surface area contributed by atoms with Crippen molar-refractivity contribution in [3.8, 4) is 0 Å². The third-order valence-corrected chi connectivity index (χ3v) is 1.50. The number of nitrogens with zero attached hydrogens (tertiary/aromatic N) is 1. The first kappa shape index (κ1) is 8.52. The van der Waals surface area contributed by atoms with Crippen LogP contribution in [0.1, 0.15) is 5.56 Å². The van der Waals surface area contributed by atoms with Gasteiger partial charge in [-0.1, -0.05) is 0 Å². The summed E-state index contributed by atoms with van der Waals surface area (Å²) in [5.41, 5.74) is 7.18. The van der Waals surface area contributed by atoms with Crippen LogP contribution in [0.25, 0.3) is 0 Å². The number of nitrogens with two attached hydrogens (primary N) is 1. The van der Waals surface area contributed by atoms with Gasteiger partial charge in [-0.15, -0.1) is 0 Å². The van der Waals surface area contributed by atoms with Crippen LogP contribution >= 0.6 is 0 Å². The standard InChI is InChI=1S/C8H10N2O2/c9-8-5-10-3-1-7(8)2-4-12-6-11/h1,3,5-6H,2,4,9H2. The van der Waals surface area contributed by atoms with Crippen LogP contribution in [-0.4, -0.2) is 18.1 Å². The van der Waals surface area contributed by atoms with Gasteiger partial charge in [0.2, 0.25) is 0 Å². The van der Waals surface area contributed by atoms with E-state index in [1.165, 1.54) is 0 Å². The minimum Gasteiger partial charge on any atom is -0.468 e. The van der Waals surface area contributed by atoms with Crippen LogP contribution in [0.15, 0.2) is 18.5 Å². The van der Waals surface area contributed by atoms with E-state index in [-0.39, 0.29) is 0 Å². The van der Waals surface area contributed by atoms with E-state index in [0.717, 1.165) is 5.56 Å². The van der Waals surface area contributed by atoms with Crippen LogP contribution in [0.5, 0.6) is 0 Å². The summed E-state index contributed by atoms with van der Waals surface area (Å²) in [6.07, 6.45) is 3.87. The Balaban J connectivity index is 2.51. The molecule has 1 aromatic rings. The molecule has 0 spiro atoms. The van der Waals surface area contributed by atoms with Crippen molar-refractivity contribution in [3.05, 3.63) is 24.0 Å². The Bertz CT molecular complexity index is 263. The predicted octanol–water partition coefficient (Wildman–Crippen LogP) is 0.379. The minimum atomic E-state index is 0.359. The highest BCUT2D eigenvalue weighted by Gasteiger charge is 1.97. The van der Waals surface area contributed by atoms with Crippen LogP contribution in [0, 0.1) is 0 Å². The smallest absolute Gasteiger partial charge is 0.293 e. The highest BCUT2D eigenvalue weighted by Crippen LogP contribution is 2.08. The first-order valence-electron chi connectivity index (χ1n) is 3.58. The van der Waals surface area contributed by atoms with E-state index in [1.54, 1.807) is 12.4 Å². The van der Waals surface area contributed by atoms with E-state index >= 15 is 0 Å². The lowest BCUT2D eigenvalue weighted by Crippen LogP contribution is -2.00. The van der Waals surface area contributed by atoms with Crippen molar-refractivity contribution in [2.24, 2.45) is 0 Å². The summed E-state index contributed by atoms with van der Waals surface area (Å²) in [6, 6.07) is 1.81. The molecule has 4 heteroatoms. The van der Waals surface area contributed by atoms with E-state index < -0.39 is 0 Å². The molecule has 1 rings (SSSR count). The van der Waals surface area contributed by atoms with Crippen molar-refractivity contribution in [3.63, 3.8) is 0 Å². The quantitative estimate of drug-likeness (QED) is 0.518. The predicted molar refractivity (Wildman–Crippen MR) is 44.4 cm³/mol. The van der Waals surface area contributed by atoms with Gasteiger partial charge < -0.3 is 10.5 Å². The van der Waals surface area contributed by atoms with Gasteiger partial charge in [0.1, 0.15) is 0 Å². The summed E-state index contributed by atoms with van der Waals surface area (Å²) in [5.74, 6) is 0. The number of ether oxygens (including phenoxy) is 1. The van der Waals surface area contributed by atoms with Gasteiger partial charge in [0, 0.05) is 12.6 Å². The van der Waals surface area contributed by atoms with E-state index in [4.69, 9.17) is 5.73 Å². The highest BCUT2D eigenvalue weighted by atomic mass is 16.5. The van der Waals surface area contributed by atoms with Crippen LogP contribution in [-0.2, 0) is 16.0 Å². The van der Waals surface area contributed by atoms with Gasteiger partial charge in [-0.25, -0.2) is 0 Å². The second-order valence-electron chi connectivity index (χ2n) is 2.29. The molecule has 1 heterocycles. The molecule has 0 bridgehead atoms. The second-order valence-corrected chi connectivity index (χ2v) is 2.29. The number of anilines is 1. The Morgan fingerprint density at radius 1 is 1.67 bits per heavy atom. The summed E-state index contributed by atoms with van der Waals surface area (Å²) in [4.78, 5) is 13.7. The average molecular weight is 166 g/mol. The highest BCUT2D eigenvalue weighted by molar-refractivity contribution is 5.44. The molecule has 0 aliphatic heterocycles. The third-order valence-electron chi connectivity index (χ3n) is 1.50. The Morgan fingerprint density at radius 2 is 2.50 bits per heavy atom. The molecule has 0 saturated heterocycles. The summed E-state index contributed by atoms with van der Waals surface area (Å²) < 4.78 is 4.54. The molecule has 1 aromatic heterocycles. The van der Waals surface area contributed by atoms with Gasteiger partial charge in [0.25, 0.3) is 6.47 Å². The van der Waals surface area contributed by atoms with E-state index in [2.05, 4.69) is 9.72 Å².